The molecular formula is C16H15N3O2. The lowest BCUT2D eigenvalue weighted by Crippen LogP contribution is -1.94. The number of nitro groups is 1. The molecule has 0 bridgehead atoms. The van der Waals surface area contributed by atoms with Gasteiger partial charge in [0.05, 0.1) is 16.0 Å². The number of imidazole rings is 1. The Hall–Kier alpha value is -2.69. The monoisotopic (exact) mass is 281 g/mol. The van der Waals surface area contributed by atoms with E-state index >= 15 is 0 Å². The zero-order chi connectivity index (χ0) is 15.1. The van der Waals surface area contributed by atoms with E-state index in [1.54, 1.807) is 12.1 Å². The number of aromatic nitrogens is 2. The van der Waals surface area contributed by atoms with Crippen molar-refractivity contribution >= 4 is 16.7 Å². The second-order valence-corrected chi connectivity index (χ2v) is 5.25. The van der Waals surface area contributed by atoms with E-state index in [1.165, 1.54) is 23.3 Å². The SMILES string of the molecule is Cc1cc(C)c2c(c1)nc(-c1ccc([N+](=O)[O-])cc1)n2C. The van der Waals surface area contributed by atoms with Crippen LogP contribution >= 0.6 is 0 Å². The fourth-order valence-electron chi connectivity index (χ4n) is 2.74. The Morgan fingerprint density at radius 2 is 1.81 bits per heavy atom. The largest absolute Gasteiger partial charge is 0.327 e. The number of hydrogen-bond donors (Lipinski definition) is 0. The van der Waals surface area contributed by atoms with Crippen LogP contribution in [-0.4, -0.2) is 14.5 Å². The van der Waals surface area contributed by atoms with Crippen LogP contribution in [0, 0.1) is 24.0 Å². The Bertz CT molecular complexity index is 848. The van der Waals surface area contributed by atoms with Crippen molar-refractivity contribution in [1.29, 1.82) is 0 Å². The normalized spacial score (nSPS) is 11.0. The highest BCUT2D eigenvalue weighted by Gasteiger charge is 2.13. The average Bonchev–Trinajstić information content (AvgIpc) is 2.76. The van der Waals surface area contributed by atoms with Gasteiger partial charge >= 0.3 is 0 Å². The maximum absolute atomic E-state index is 10.7. The van der Waals surface area contributed by atoms with Gasteiger partial charge in [0.1, 0.15) is 5.82 Å². The van der Waals surface area contributed by atoms with E-state index in [1.807, 2.05) is 18.5 Å². The van der Waals surface area contributed by atoms with Crippen molar-refractivity contribution in [2.45, 2.75) is 13.8 Å². The summed E-state index contributed by atoms with van der Waals surface area (Å²) < 4.78 is 2.03. The predicted octanol–water partition coefficient (Wildman–Crippen LogP) is 3.77. The fraction of sp³-hybridized carbons (Fsp3) is 0.188. The highest BCUT2D eigenvalue weighted by molar-refractivity contribution is 5.84. The molecule has 2 aromatic carbocycles. The third-order valence-electron chi connectivity index (χ3n) is 3.64. The summed E-state index contributed by atoms with van der Waals surface area (Å²) in [6, 6.07) is 10.7. The van der Waals surface area contributed by atoms with Gasteiger partial charge in [-0.05, 0) is 43.2 Å². The van der Waals surface area contributed by atoms with Crippen molar-refractivity contribution < 1.29 is 4.92 Å². The molecule has 0 radical (unpaired) electrons. The Labute approximate surface area is 122 Å². The number of benzene rings is 2. The number of rotatable bonds is 2. The van der Waals surface area contributed by atoms with Crippen LogP contribution < -0.4 is 0 Å². The van der Waals surface area contributed by atoms with Gasteiger partial charge in [0, 0.05) is 24.7 Å². The van der Waals surface area contributed by atoms with E-state index in [9.17, 15) is 10.1 Å². The minimum Gasteiger partial charge on any atom is -0.327 e. The highest BCUT2D eigenvalue weighted by Crippen LogP contribution is 2.27. The van der Waals surface area contributed by atoms with Crippen LogP contribution in [0.15, 0.2) is 36.4 Å². The molecule has 0 aliphatic rings. The van der Waals surface area contributed by atoms with Crippen molar-refractivity contribution in [2.24, 2.45) is 7.05 Å². The van der Waals surface area contributed by atoms with E-state index in [0.29, 0.717) is 0 Å². The molecule has 1 heterocycles. The summed E-state index contributed by atoms with van der Waals surface area (Å²) in [5.74, 6) is 0.814. The topological polar surface area (TPSA) is 61.0 Å². The lowest BCUT2D eigenvalue weighted by molar-refractivity contribution is -0.384. The van der Waals surface area contributed by atoms with Gasteiger partial charge < -0.3 is 4.57 Å². The van der Waals surface area contributed by atoms with Gasteiger partial charge in [-0.15, -0.1) is 0 Å². The molecule has 0 spiro atoms. The van der Waals surface area contributed by atoms with Crippen molar-refractivity contribution in [3.63, 3.8) is 0 Å². The Morgan fingerprint density at radius 3 is 2.43 bits per heavy atom. The average molecular weight is 281 g/mol. The maximum atomic E-state index is 10.7. The van der Waals surface area contributed by atoms with Gasteiger partial charge in [-0.3, -0.25) is 10.1 Å². The van der Waals surface area contributed by atoms with Crippen LogP contribution in [0.2, 0.25) is 0 Å². The molecule has 106 valence electrons. The Balaban J connectivity index is 2.18. The molecule has 0 fully saturated rings. The van der Waals surface area contributed by atoms with Crippen molar-refractivity contribution in [1.82, 2.24) is 9.55 Å². The van der Waals surface area contributed by atoms with Crippen LogP contribution in [0.25, 0.3) is 22.4 Å². The zero-order valence-electron chi connectivity index (χ0n) is 12.1. The van der Waals surface area contributed by atoms with E-state index in [-0.39, 0.29) is 5.69 Å². The molecule has 5 nitrogen and oxygen atoms in total. The molecule has 0 aliphatic heterocycles. The Morgan fingerprint density at radius 1 is 1.14 bits per heavy atom. The molecule has 3 rings (SSSR count). The first-order valence-electron chi connectivity index (χ1n) is 6.66. The van der Waals surface area contributed by atoms with Gasteiger partial charge in [0.25, 0.3) is 5.69 Å². The molecular weight excluding hydrogens is 266 g/mol. The molecule has 0 atom stereocenters. The summed E-state index contributed by atoms with van der Waals surface area (Å²) in [6.07, 6.45) is 0. The number of fused-ring (bicyclic) bond motifs is 1. The molecule has 5 heteroatoms. The van der Waals surface area contributed by atoms with E-state index in [0.717, 1.165) is 22.4 Å². The summed E-state index contributed by atoms with van der Waals surface area (Å²) in [7, 11) is 1.97. The van der Waals surface area contributed by atoms with Crippen molar-refractivity contribution in [3.8, 4) is 11.4 Å². The quantitative estimate of drug-likeness (QED) is 0.530. The van der Waals surface area contributed by atoms with Gasteiger partial charge in [-0.1, -0.05) is 6.07 Å². The molecule has 0 saturated heterocycles. The molecule has 3 aromatic rings. The minimum atomic E-state index is -0.397. The van der Waals surface area contributed by atoms with Crippen molar-refractivity contribution in [2.75, 3.05) is 0 Å². The molecule has 0 N–H and O–H groups in total. The summed E-state index contributed by atoms with van der Waals surface area (Å²) >= 11 is 0. The van der Waals surface area contributed by atoms with Crippen LogP contribution in [0.1, 0.15) is 11.1 Å². The standard InChI is InChI=1S/C16H15N3O2/c1-10-8-11(2)15-14(9-10)17-16(18(15)3)12-4-6-13(7-5-12)19(20)21/h4-9H,1-3H3. The van der Waals surface area contributed by atoms with Crippen molar-refractivity contribution in [3.05, 3.63) is 57.6 Å². The van der Waals surface area contributed by atoms with Gasteiger partial charge in [-0.25, -0.2) is 4.98 Å². The van der Waals surface area contributed by atoms with Crippen LogP contribution in [0.4, 0.5) is 5.69 Å². The number of hydrogen-bond acceptors (Lipinski definition) is 3. The molecule has 0 amide bonds. The summed E-state index contributed by atoms with van der Waals surface area (Å²) in [6.45, 7) is 4.11. The van der Waals surface area contributed by atoms with E-state index in [4.69, 9.17) is 0 Å². The molecule has 0 unspecified atom stereocenters. The smallest absolute Gasteiger partial charge is 0.269 e. The molecule has 0 aliphatic carbocycles. The lowest BCUT2D eigenvalue weighted by Gasteiger charge is -2.04. The maximum Gasteiger partial charge on any atom is 0.269 e. The van der Waals surface area contributed by atoms with Crippen LogP contribution in [0.3, 0.4) is 0 Å². The molecule has 1 aromatic heterocycles. The third kappa shape index (κ3) is 2.16. The summed E-state index contributed by atoms with van der Waals surface area (Å²) in [5, 5.41) is 10.7. The number of non-ortho nitro benzene ring substituents is 1. The van der Waals surface area contributed by atoms with Gasteiger partial charge in [-0.2, -0.15) is 0 Å². The Kier molecular flexibility index (Phi) is 2.97. The fourth-order valence-corrected chi connectivity index (χ4v) is 2.74. The minimum absolute atomic E-state index is 0.0875. The lowest BCUT2D eigenvalue weighted by atomic mass is 10.1. The van der Waals surface area contributed by atoms with E-state index < -0.39 is 4.92 Å². The van der Waals surface area contributed by atoms with Crippen LogP contribution in [0.5, 0.6) is 0 Å². The number of aryl methyl sites for hydroxylation is 3. The van der Waals surface area contributed by atoms with Crippen LogP contribution in [-0.2, 0) is 7.05 Å². The van der Waals surface area contributed by atoms with Gasteiger partial charge in [0.15, 0.2) is 0 Å². The second-order valence-electron chi connectivity index (χ2n) is 5.25. The first-order chi connectivity index (χ1) is 9.97. The third-order valence-corrected chi connectivity index (χ3v) is 3.64. The summed E-state index contributed by atoms with van der Waals surface area (Å²) in [4.78, 5) is 15.0. The number of nitro benzene ring substituents is 1. The summed E-state index contributed by atoms with van der Waals surface area (Å²) in [5.41, 5.74) is 5.35. The second kappa shape index (κ2) is 4.70. The first-order valence-corrected chi connectivity index (χ1v) is 6.66. The highest BCUT2D eigenvalue weighted by atomic mass is 16.6. The first kappa shape index (κ1) is 13.3. The molecule has 21 heavy (non-hydrogen) atoms. The predicted molar refractivity (Wildman–Crippen MR) is 82.3 cm³/mol. The zero-order valence-corrected chi connectivity index (χ0v) is 12.1. The number of nitrogens with zero attached hydrogens (tertiary/aromatic N) is 3. The molecule has 0 saturated carbocycles. The van der Waals surface area contributed by atoms with Gasteiger partial charge in [0.2, 0.25) is 0 Å². The van der Waals surface area contributed by atoms with E-state index in [2.05, 4.69) is 24.0 Å².